The number of rotatable bonds is 9. The number of phenolic OH excluding ortho intramolecular Hbond substituents is 1. The Morgan fingerprint density at radius 1 is 0.711 bits per heavy atom. The Labute approximate surface area is 262 Å². The van der Waals surface area contributed by atoms with Crippen molar-refractivity contribution in [1.29, 1.82) is 0 Å². The van der Waals surface area contributed by atoms with Crippen LogP contribution in [0.25, 0.3) is 10.8 Å². The van der Waals surface area contributed by atoms with Crippen LogP contribution in [0.5, 0.6) is 17.2 Å². The first-order chi connectivity index (χ1) is 21.1. The summed E-state index contributed by atoms with van der Waals surface area (Å²) in [6.45, 7) is 0. The van der Waals surface area contributed by atoms with Crippen LogP contribution in [-0.2, 0) is 30.3 Å². The molecule has 0 saturated heterocycles. The normalized spacial score (nSPS) is 12.4. The minimum atomic E-state index is -5.18. The van der Waals surface area contributed by atoms with Crippen LogP contribution >= 0.6 is 11.6 Å². The summed E-state index contributed by atoms with van der Waals surface area (Å²) in [5.41, 5.74) is -1.44. The average molecular weight is 690 g/mol. The second kappa shape index (κ2) is 12.1. The molecule has 0 aromatic heterocycles. The molecule has 17 heteroatoms. The molecule has 45 heavy (non-hydrogen) atoms. The maximum atomic E-state index is 13.1. The summed E-state index contributed by atoms with van der Waals surface area (Å²) < 4.78 is 103. The number of hydrogen-bond acceptors (Lipinski definition) is 10. The number of aromatic hydroxyl groups is 1. The molecule has 0 heterocycles. The highest BCUT2D eigenvalue weighted by Gasteiger charge is 2.27. The third-order valence-corrected chi connectivity index (χ3v) is 9.46. The lowest BCUT2D eigenvalue weighted by Gasteiger charge is -2.16. The fourth-order valence-corrected chi connectivity index (χ4v) is 6.61. The van der Waals surface area contributed by atoms with Crippen molar-refractivity contribution >= 4 is 69.7 Å². The number of nitrogens with zero attached hydrogens (tertiary/aromatic N) is 2. The van der Waals surface area contributed by atoms with Gasteiger partial charge in [-0.05, 0) is 66.0 Å². The zero-order valence-corrected chi connectivity index (χ0v) is 25.6. The van der Waals surface area contributed by atoms with E-state index in [0.717, 1.165) is 12.1 Å². The topological polar surface area (TPSA) is 209 Å². The van der Waals surface area contributed by atoms with E-state index < -0.39 is 67.9 Å². The monoisotopic (exact) mass is 689 g/mol. The number of nitrogens with one attached hydrogen (secondary N) is 1. The maximum Gasteiger partial charge on any atom is 0.296 e. The second-order valence-electron chi connectivity index (χ2n) is 9.24. The van der Waals surface area contributed by atoms with Gasteiger partial charge in [0.2, 0.25) is 0 Å². The quantitative estimate of drug-likeness (QED) is 0.0950. The molecule has 0 fully saturated rings. The Kier molecular flexibility index (Phi) is 8.54. The lowest BCUT2D eigenvalue weighted by Crippen LogP contribution is -2.14. The molecule has 0 amide bonds. The van der Waals surface area contributed by atoms with Crippen molar-refractivity contribution in [2.75, 3.05) is 4.72 Å². The summed E-state index contributed by atoms with van der Waals surface area (Å²) in [5, 5.41) is 18.5. The molecule has 0 atom stereocenters. The van der Waals surface area contributed by atoms with E-state index in [1.807, 2.05) is 0 Å². The van der Waals surface area contributed by atoms with Gasteiger partial charge < -0.3 is 9.84 Å². The highest BCUT2D eigenvalue weighted by molar-refractivity contribution is 7.92. The van der Waals surface area contributed by atoms with E-state index in [-0.39, 0.29) is 21.4 Å². The Bertz CT molecular complexity index is 2300. The molecule has 0 aliphatic rings. The molecule has 0 aliphatic carbocycles. The number of ether oxygens (including phenoxy) is 1. The van der Waals surface area contributed by atoms with Crippen LogP contribution in [0.2, 0.25) is 5.02 Å². The number of fused-ring (bicyclic) bond motifs is 1. The number of anilines is 1. The highest BCUT2D eigenvalue weighted by Crippen LogP contribution is 2.46. The molecule has 5 aromatic carbocycles. The summed E-state index contributed by atoms with van der Waals surface area (Å²) in [6, 6.07) is 21.9. The van der Waals surface area contributed by atoms with Crippen LogP contribution in [0.4, 0.5) is 17.1 Å². The molecule has 232 valence electrons. The van der Waals surface area contributed by atoms with Crippen molar-refractivity contribution in [3.63, 3.8) is 0 Å². The summed E-state index contributed by atoms with van der Waals surface area (Å²) in [4.78, 5) is -2.11. The summed E-state index contributed by atoms with van der Waals surface area (Å²) >= 11 is 6.12. The third-order valence-electron chi connectivity index (χ3n) is 6.15. The Hall–Kier alpha value is -4.58. The van der Waals surface area contributed by atoms with E-state index in [1.54, 1.807) is 36.4 Å². The molecule has 5 aromatic rings. The standard InChI is InChI=1S/C28H20ClN3O10S3/c29-18-11-12-24(42-19-7-3-1-4-8-19)22(15-18)30-31-27-25(45(39,40)41)14-17-13-21(44(36,37)38)16-23(26(17)28(27)33)32-43(34,35)20-9-5-2-6-10-20/h1-16,32-33H,(H,36,37,38)(H,39,40,41)/b31-30+. The first-order valence-electron chi connectivity index (χ1n) is 12.4. The fourth-order valence-electron chi connectivity index (χ4n) is 4.16. The zero-order chi connectivity index (χ0) is 32.6. The van der Waals surface area contributed by atoms with Crippen LogP contribution in [0.1, 0.15) is 0 Å². The van der Waals surface area contributed by atoms with Crippen LogP contribution in [0, 0.1) is 0 Å². The number of halogens is 1. The van der Waals surface area contributed by atoms with Crippen LogP contribution in [0.3, 0.4) is 0 Å². The van der Waals surface area contributed by atoms with Gasteiger partial charge in [0.25, 0.3) is 30.3 Å². The zero-order valence-electron chi connectivity index (χ0n) is 22.4. The number of phenols is 1. The van der Waals surface area contributed by atoms with Gasteiger partial charge >= 0.3 is 0 Å². The molecular weight excluding hydrogens is 670 g/mol. The Morgan fingerprint density at radius 2 is 1.36 bits per heavy atom. The van der Waals surface area contributed by atoms with Gasteiger partial charge in [-0.15, -0.1) is 10.2 Å². The van der Waals surface area contributed by atoms with Crippen molar-refractivity contribution < 1.29 is 44.2 Å². The second-order valence-corrected chi connectivity index (χ2v) is 14.2. The van der Waals surface area contributed by atoms with E-state index in [2.05, 4.69) is 15.0 Å². The van der Waals surface area contributed by atoms with E-state index in [4.69, 9.17) is 16.3 Å². The molecular formula is C28H20ClN3O10S3. The first-order valence-corrected chi connectivity index (χ1v) is 17.2. The molecule has 5 rings (SSSR count). The van der Waals surface area contributed by atoms with Crippen molar-refractivity contribution in [3.8, 4) is 17.2 Å². The molecule has 0 bridgehead atoms. The number of para-hydroxylation sites is 1. The van der Waals surface area contributed by atoms with Crippen molar-refractivity contribution in [3.05, 3.63) is 102 Å². The highest BCUT2D eigenvalue weighted by atomic mass is 35.5. The Balaban J connectivity index is 1.74. The lowest BCUT2D eigenvalue weighted by atomic mass is 10.1. The van der Waals surface area contributed by atoms with E-state index in [1.165, 1.54) is 42.5 Å². The third kappa shape index (κ3) is 7.06. The predicted octanol–water partition coefficient (Wildman–Crippen LogP) is 6.70. The van der Waals surface area contributed by atoms with Gasteiger partial charge in [0, 0.05) is 5.02 Å². The number of hydrogen-bond donors (Lipinski definition) is 4. The Morgan fingerprint density at radius 3 is 1.98 bits per heavy atom. The summed E-state index contributed by atoms with van der Waals surface area (Å²) in [6.07, 6.45) is 0. The molecule has 4 N–H and O–H groups in total. The van der Waals surface area contributed by atoms with Crippen molar-refractivity contribution in [1.82, 2.24) is 0 Å². The van der Waals surface area contributed by atoms with Gasteiger partial charge in [-0.25, -0.2) is 8.42 Å². The molecule has 0 aliphatic heterocycles. The van der Waals surface area contributed by atoms with Gasteiger partial charge in [0.1, 0.15) is 22.0 Å². The lowest BCUT2D eigenvalue weighted by molar-refractivity contribution is 0.472. The van der Waals surface area contributed by atoms with Crippen LogP contribution in [-0.4, -0.2) is 39.5 Å². The van der Waals surface area contributed by atoms with E-state index in [9.17, 15) is 39.5 Å². The van der Waals surface area contributed by atoms with E-state index >= 15 is 0 Å². The number of sulfonamides is 1. The minimum absolute atomic E-state index is 0.0288. The molecule has 13 nitrogen and oxygen atoms in total. The molecule has 0 radical (unpaired) electrons. The van der Waals surface area contributed by atoms with Gasteiger partial charge in [0.15, 0.2) is 11.5 Å². The first kappa shape index (κ1) is 31.8. The summed E-state index contributed by atoms with van der Waals surface area (Å²) in [5.74, 6) is -0.477. The summed E-state index contributed by atoms with van der Waals surface area (Å²) in [7, 11) is -14.6. The number of azo groups is 1. The van der Waals surface area contributed by atoms with Gasteiger partial charge in [-0.1, -0.05) is 48.0 Å². The fraction of sp³-hybridized carbons (Fsp3) is 0. The van der Waals surface area contributed by atoms with Gasteiger partial charge in [-0.2, -0.15) is 16.8 Å². The molecule has 0 unspecified atom stereocenters. The maximum absolute atomic E-state index is 13.1. The molecule has 0 spiro atoms. The predicted molar refractivity (Wildman–Crippen MR) is 165 cm³/mol. The van der Waals surface area contributed by atoms with E-state index in [0.29, 0.717) is 11.8 Å². The van der Waals surface area contributed by atoms with Crippen LogP contribution in [0.15, 0.2) is 122 Å². The average Bonchev–Trinajstić information content (AvgIpc) is 2.97. The largest absolute Gasteiger partial charge is 0.505 e. The number of benzene rings is 5. The molecule has 0 saturated carbocycles. The smallest absolute Gasteiger partial charge is 0.296 e. The van der Waals surface area contributed by atoms with Crippen molar-refractivity contribution in [2.24, 2.45) is 10.2 Å². The van der Waals surface area contributed by atoms with Gasteiger partial charge in [-0.3, -0.25) is 13.8 Å². The minimum Gasteiger partial charge on any atom is -0.505 e. The SMILES string of the molecule is O=S(=O)(O)c1cc(NS(=O)(=O)c2ccccc2)c2c(O)c(/N=N/c3cc(Cl)ccc3Oc3ccccc3)c(S(=O)(=O)O)cc2c1. The van der Waals surface area contributed by atoms with Crippen molar-refractivity contribution in [2.45, 2.75) is 14.7 Å². The van der Waals surface area contributed by atoms with Crippen LogP contribution < -0.4 is 9.46 Å². The van der Waals surface area contributed by atoms with Gasteiger partial charge in [0.05, 0.1) is 20.9 Å².